The van der Waals surface area contributed by atoms with Crippen LogP contribution in [0.4, 0.5) is 0 Å². The average molecular weight is 295 g/mol. The second-order valence-electron chi connectivity index (χ2n) is 5.91. The van der Waals surface area contributed by atoms with Crippen molar-refractivity contribution in [1.82, 2.24) is 4.90 Å². The first-order valence-electron chi connectivity index (χ1n) is 7.32. The van der Waals surface area contributed by atoms with Crippen LogP contribution < -0.4 is 5.73 Å². The molecule has 1 aliphatic heterocycles. The molecule has 0 aromatic heterocycles. The molecule has 20 heavy (non-hydrogen) atoms. The van der Waals surface area contributed by atoms with Gasteiger partial charge in [0.2, 0.25) is 5.91 Å². The molecule has 1 aromatic rings. The maximum absolute atomic E-state index is 12.7. The first-order chi connectivity index (χ1) is 9.18. The van der Waals surface area contributed by atoms with Gasteiger partial charge < -0.3 is 10.6 Å². The van der Waals surface area contributed by atoms with Crippen molar-refractivity contribution in [2.24, 2.45) is 5.73 Å². The molecule has 1 aliphatic carbocycles. The van der Waals surface area contributed by atoms with E-state index in [0.29, 0.717) is 5.91 Å². The van der Waals surface area contributed by atoms with Crippen LogP contribution >= 0.6 is 12.4 Å². The summed E-state index contributed by atoms with van der Waals surface area (Å²) in [5, 5.41) is 0. The van der Waals surface area contributed by atoms with Gasteiger partial charge in [0, 0.05) is 18.6 Å². The van der Waals surface area contributed by atoms with Gasteiger partial charge in [-0.2, -0.15) is 0 Å². The number of halogens is 1. The minimum atomic E-state index is 0. The van der Waals surface area contributed by atoms with E-state index < -0.39 is 0 Å². The zero-order valence-electron chi connectivity index (χ0n) is 11.9. The van der Waals surface area contributed by atoms with E-state index in [1.807, 2.05) is 19.1 Å². The number of rotatable bonds is 2. The quantitative estimate of drug-likeness (QED) is 0.911. The van der Waals surface area contributed by atoms with Crippen molar-refractivity contribution in [2.75, 3.05) is 6.54 Å². The van der Waals surface area contributed by atoms with Gasteiger partial charge in [-0.05, 0) is 43.7 Å². The van der Waals surface area contributed by atoms with Crippen molar-refractivity contribution >= 4 is 18.3 Å². The van der Waals surface area contributed by atoms with Crippen molar-refractivity contribution in [1.29, 1.82) is 0 Å². The van der Waals surface area contributed by atoms with Crippen LogP contribution in [0.3, 0.4) is 0 Å². The molecule has 1 heterocycles. The lowest BCUT2D eigenvalue weighted by Crippen LogP contribution is -2.54. The Morgan fingerprint density at radius 2 is 2.10 bits per heavy atom. The molecule has 3 nitrogen and oxygen atoms in total. The molecule has 1 saturated heterocycles. The Bertz CT molecular complexity index is 489. The standard InChI is InChI=1S/C16H22N2O.ClH/c1-11(17)15-8-4-5-9-18(15)16(19)14-10-12-6-2-3-7-13(12)14;/h2-3,6-7,11,14-15H,4-5,8-10,17H2,1H3;1H. The number of piperidine rings is 1. The summed E-state index contributed by atoms with van der Waals surface area (Å²) in [6, 6.07) is 8.58. The summed E-state index contributed by atoms with van der Waals surface area (Å²) in [7, 11) is 0. The highest BCUT2D eigenvalue weighted by molar-refractivity contribution is 5.87. The van der Waals surface area contributed by atoms with Crippen LogP contribution in [0.2, 0.25) is 0 Å². The van der Waals surface area contributed by atoms with Crippen LogP contribution in [0.1, 0.15) is 43.2 Å². The Morgan fingerprint density at radius 3 is 2.80 bits per heavy atom. The maximum Gasteiger partial charge on any atom is 0.230 e. The smallest absolute Gasteiger partial charge is 0.230 e. The molecular formula is C16H23ClN2O. The fourth-order valence-electron chi connectivity index (χ4n) is 3.46. The van der Waals surface area contributed by atoms with Gasteiger partial charge in [0.05, 0.1) is 5.92 Å². The minimum Gasteiger partial charge on any atom is -0.338 e. The fraction of sp³-hybridized carbons (Fsp3) is 0.562. The summed E-state index contributed by atoms with van der Waals surface area (Å²) in [4.78, 5) is 14.8. The van der Waals surface area contributed by atoms with Crippen LogP contribution in [0.15, 0.2) is 24.3 Å². The van der Waals surface area contributed by atoms with Gasteiger partial charge in [-0.1, -0.05) is 24.3 Å². The molecule has 2 aliphatic rings. The van der Waals surface area contributed by atoms with E-state index in [4.69, 9.17) is 5.73 Å². The van der Waals surface area contributed by atoms with E-state index >= 15 is 0 Å². The highest BCUT2D eigenvalue weighted by atomic mass is 35.5. The zero-order valence-corrected chi connectivity index (χ0v) is 12.7. The first-order valence-corrected chi connectivity index (χ1v) is 7.32. The van der Waals surface area contributed by atoms with E-state index in [1.54, 1.807) is 0 Å². The topological polar surface area (TPSA) is 46.3 Å². The third kappa shape index (κ3) is 2.57. The van der Waals surface area contributed by atoms with Gasteiger partial charge in [-0.3, -0.25) is 4.79 Å². The average Bonchev–Trinajstić information content (AvgIpc) is 2.40. The lowest BCUT2D eigenvalue weighted by Gasteiger charge is -2.42. The second kappa shape index (κ2) is 6.15. The highest BCUT2D eigenvalue weighted by Gasteiger charge is 2.38. The fourth-order valence-corrected chi connectivity index (χ4v) is 3.46. The predicted molar refractivity (Wildman–Crippen MR) is 83.1 cm³/mol. The Labute approximate surface area is 126 Å². The SMILES string of the molecule is CC(N)C1CCCCN1C(=O)C1Cc2ccccc21.Cl. The van der Waals surface area contributed by atoms with Crippen LogP contribution in [0.5, 0.6) is 0 Å². The van der Waals surface area contributed by atoms with Gasteiger partial charge in [-0.15, -0.1) is 12.4 Å². The predicted octanol–water partition coefficient (Wildman–Crippen LogP) is 2.48. The molecule has 1 aromatic carbocycles. The molecule has 0 bridgehead atoms. The Balaban J connectivity index is 0.00000147. The number of benzene rings is 1. The molecule has 1 amide bonds. The Hall–Kier alpha value is -1.06. The molecule has 3 unspecified atom stereocenters. The number of carbonyl (C=O) groups excluding carboxylic acids is 1. The number of likely N-dealkylation sites (tertiary alicyclic amines) is 1. The van der Waals surface area contributed by atoms with Gasteiger partial charge in [-0.25, -0.2) is 0 Å². The van der Waals surface area contributed by atoms with Crippen molar-refractivity contribution in [3.63, 3.8) is 0 Å². The number of carbonyl (C=O) groups is 1. The Morgan fingerprint density at radius 1 is 1.35 bits per heavy atom. The first kappa shape index (κ1) is 15.3. The summed E-state index contributed by atoms with van der Waals surface area (Å²) in [6.45, 7) is 2.90. The van der Waals surface area contributed by atoms with Crippen LogP contribution in [-0.2, 0) is 11.2 Å². The maximum atomic E-state index is 12.7. The largest absolute Gasteiger partial charge is 0.338 e. The van der Waals surface area contributed by atoms with Crippen LogP contribution in [0.25, 0.3) is 0 Å². The number of nitrogens with zero attached hydrogens (tertiary/aromatic N) is 1. The van der Waals surface area contributed by atoms with E-state index in [2.05, 4.69) is 17.0 Å². The molecule has 4 heteroatoms. The number of fused-ring (bicyclic) bond motifs is 1. The van der Waals surface area contributed by atoms with E-state index in [-0.39, 0.29) is 30.4 Å². The monoisotopic (exact) mass is 294 g/mol. The lowest BCUT2D eigenvalue weighted by molar-refractivity contribution is -0.137. The van der Waals surface area contributed by atoms with E-state index in [0.717, 1.165) is 25.8 Å². The number of hydrogen-bond acceptors (Lipinski definition) is 2. The lowest BCUT2D eigenvalue weighted by atomic mass is 9.76. The Kier molecular flexibility index (Phi) is 4.71. The molecule has 2 N–H and O–H groups in total. The number of nitrogens with two attached hydrogens (primary N) is 1. The molecule has 3 atom stereocenters. The van der Waals surface area contributed by atoms with E-state index in [9.17, 15) is 4.79 Å². The van der Waals surface area contributed by atoms with Gasteiger partial charge >= 0.3 is 0 Å². The summed E-state index contributed by atoms with van der Waals surface area (Å²) in [5.74, 6) is 0.372. The van der Waals surface area contributed by atoms with Crippen molar-refractivity contribution in [3.8, 4) is 0 Å². The minimum absolute atomic E-state index is 0. The van der Waals surface area contributed by atoms with Crippen LogP contribution in [-0.4, -0.2) is 29.4 Å². The summed E-state index contributed by atoms with van der Waals surface area (Å²) >= 11 is 0. The van der Waals surface area contributed by atoms with Crippen molar-refractivity contribution < 1.29 is 4.79 Å². The van der Waals surface area contributed by atoms with E-state index in [1.165, 1.54) is 17.5 Å². The summed E-state index contributed by atoms with van der Waals surface area (Å²) in [6.07, 6.45) is 4.26. The number of hydrogen-bond donors (Lipinski definition) is 1. The molecule has 1 fully saturated rings. The molecule has 110 valence electrons. The molecule has 0 saturated carbocycles. The molecule has 3 rings (SSSR count). The third-order valence-corrected chi connectivity index (χ3v) is 4.59. The van der Waals surface area contributed by atoms with Gasteiger partial charge in [0.1, 0.15) is 0 Å². The number of amides is 1. The highest BCUT2D eigenvalue weighted by Crippen LogP contribution is 2.37. The summed E-state index contributed by atoms with van der Waals surface area (Å²) in [5.41, 5.74) is 8.61. The van der Waals surface area contributed by atoms with Gasteiger partial charge in [0.25, 0.3) is 0 Å². The van der Waals surface area contributed by atoms with Crippen molar-refractivity contribution in [3.05, 3.63) is 35.4 Å². The third-order valence-electron chi connectivity index (χ3n) is 4.59. The second-order valence-corrected chi connectivity index (χ2v) is 5.91. The van der Waals surface area contributed by atoms with Crippen molar-refractivity contribution in [2.45, 2.75) is 50.6 Å². The normalized spacial score (nSPS) is 26.0. The molecule has 0 radical (unpaired) electrons. The summed E-state index contributed by atoms with van der Waals surface area (Å²) < 4.78 is 0. The zero-order chi connectivity index (χ0) is 13.4. The molecule has 0 spiro atoms. The van der Waals surface area contributed by atoms with Gasteiger partial charge in [0.15, 0.2) is 0 Å². The molecular weight excluding hydrogens is 272 g/mol. The van der Waals surface area contributed by atoms with Crippen LogP contribution in [0, 0.1) is 0 Å².